The van der Waals surface area contributed by atoms with E-state index in [9.17, 15) is 0 Å². The van der Waals surface area contributed by atoms with Crippen molar-refractivity contribution in [2.24, 2.45) is 0 Å². The first-order chi connectivity index (χ1) is 10.3. The molecule has 0 amide bonds. The molecule has 0 spiro atoms. The van der Waals surface area contributed by atoms with Crippen molar-refractivity contribution in [2.45, 2.75) is 45.7 Å². The van der Waals surface area contributed by atoms with Crippen LogP contribution in [0, 0.1) is 0 Å². The van der Waals surface area contributed by atoms with E-state index in [1.54, 1.807) is 12.4 Å². The Morgan fingerprint density at radius 1 is 1.33 bits per heavy atom. The van der Waals surface area contributed by atoms with Gasteiger partial charge in [-0.3, -0.25) is 9.67 Å². The van der Waals surface area contributed by atoms with Gasteiger partial charge in [0, 0.05) is 18.9 Å². The van der Waals surface area contributed by atoms with Crippen LogP contribution < -0.4 is 5.32 Å². The maximum absolute atomic E-state index is 6.34. The standard InChI is InChI=1S/C16H23ClN4/c1-3-9-19-15(8-7-13-6-5-10-18-11-13)16-14(17)12-20-21(16)4-2/h5-6,10-12,15,19H,3-4,7-9H2,1-2H3. The van der Waals surface area contributed by atoms with E-state index in [1.165, 1.54) is 5.56 Å². The number of nitrogens with one attached hydrogen (secondary N) is 1. The van der Waals surface area contributed by atoms with Crippen molar-refractivity contribution >= 4 is 11.6 Å². The van der Waals surface area contributed by atoms with Gasteiger partial charge in [-0.1, -0.05) is 24.6 Å². The molecule has 21 heavy (non-hydrogen) atoms. The average Bonchev–Trinajstić information content (AvgIpc) is 2.89. The fourth-order valence-electron chi connectivity index (χ4n) is 2.48. The molecule has 1 N–H and O–H groups in total. The van der Waals surface area contributed by atoms with Crippen LogP contribution in [0.25, 0.3) is 0 Å². The van der Waals surface area contributed by atoms with Crippen molar-refractivity contribution in [3.8, 4) is 0 Å². The maximum Gasteiger partial charge on any atom is 0.0834 e. The largest absolute Gasteiger partial charge is 0.309 e. The van der Waals surface area contributed by atoms with Crippen LogP contribution in [0.3, 0.4) is 0 Å². The van der Waals surface area contributed by atoms with Gasteiger partial charge >= 0.3 is 0 Å². The van der Waals surface area contributed by atoms with Crippen LogP contribution in [-0.4, -0.2) is 21.3 Å². The van der Waals surface area contributed by atoms with E-state index in [1.807, 2.05) is 16.9 Å². The highest BCUT2D eigenvalue weighted by molar-refractivity contribution is 6.31. The zero-order valence-corrected chi connectivity index (χ0v) is 13.5. The highest BCUT2D eigenvalue weighted by atomic mass is 35.5. The third-order valence-electron chi connectivity index (χ3n) is 3.55. The van der Waals surface area contributed by atoms with Crippen LogP contribution in [0.4, 0.5) is 0 Å². The van der Waals surface area contributed by atoms with Crippen LogP contribution in [-0.2, 0) is 13.0 Å². The Hall–Kier alpha value is -1.39. The maximum atomic E-state index is 6.34. The molecule has 4 nitrogen and oxygen atoms in total. The van der Waals surface area contributed by atoms with Gasteiger partial charge in [0.15, 0.2) is 0 Å². The van der Waals surface area contributed by atoms with Gasteiger partial charge in [-0.15, -0.1) is 0 Å². The van der Waals surface area contributed by atoms with Gasteiger partial charge in [0.1, 0.15) is 0 Å². The fraction of sp³-hybridized carbons (Fsp3) is 0.500. The van der Waals surface area contributed by atoms with E-state index in [4.69, 9.17) is 11.6 Å². The second kappa shape index (κ2) is 8.15. The summed E-state index contributed by atoms with van der Waals surface area (Å²) in [6.07, 6.45) is 8.53. The van der Waals surface area contributed by atoms with E-state index >= 15 is 0 Å². The lowest BCUT2D eigenvalue weighted by atomic mass is 10.0. The summed E-state index contributed by atoms with van der Waals surface area (Å²) in [5.74, 6) is 0. The second-order valence-corrected chi connectivity index (χ2v) is 5.51. The fourth-order valence-corrected chi connectivity index (χ4v) is 2.75. The Labute approximate surface area is 131 Å². The SMILES string of the molecule is CCCNC(CCc1cccnc1)c1c(Cl)cnn1CC. The smallest absolute Gasteiger partial charge is 0.0834 e. The Kier molecular flexibility index (Phi) is 6.21. The number of nitrogens with zero attached hydrogens (tertiary/aromatic N) is 3. The summed E-state index contributed by atoms with van der Waals surface area (Å²) >= 11 is 6.34. The number of halogens is 1. The monoisotopic (exact) mass is 306 g/mol. The second-order valence-electron chi connectivity index (χ2n) is 5.10. The molecule has 0 bridgehead atoms. The highest BCUT2D eigenvalue weighted by Crippen LogP contribution is 2.26. The molecule has 1 unspecified atom stereocenters. The topological polar surface area (TPSA) is 42.7 Å². The Morgan fingerprint density at radius 2 is 2.19 bits per heavy atom. The van der Waals surface area contributed by atoms with Gasteiger partial charge in [-0.2, -0.15) is 5.10 Å². The lowest BCUT2D eigenvalue weighted by Gasteiger charge is -2.20. The third kappa shape index (κ3) is 4.29. The van der Waals surface area contributed by atoms with Crippen LogP contribution >= 0.6 is 11.6 Å². The van der Waals surface area contributed by atoms with Crippen LogP contribution in [0.1, 0.15) is 44.0 Å². The van der Waals surface area contributed by atoms with Crippen molar-refractivity contribution in [1.82, 2.24) is 20.1 Å². The molecular weight excluding hydrogens is 284 g/mol. The van der Waals surface area contributed by atoms with E-state index < -0.39 is 0 Å². The van der Waals surface area contributed by atoms with Crippen molar-refractivity contribution in [2.75, 3.05) is 6.54 Å². The summed E-state index contributed by atoms with van der Waals surface area (Å²) < 4.78 is 1.99. The number of hydrogen-bond acceptors (Lipinski definition) is 3. The number of aromatic nitrogens is 3. The van der Waals surface area contributed by atoms with Gasteiger partial charge in [0.2, 0.25) is 0 Å². The molecule has 0 aliphatic heterocycles. The van der Waals surface area contributed by atoms with E-state index in [-0.39, 0.29) is 6.04 Å². The molecule has 0 saturated carbocycles. The summed E-state index contributed by atoms with van der Waals surface area (Å²) in [4.78, 5) is 4.17. The summed E-state index contributed by atoms with van der Waals surface area (Å²) in [6, 6.07) is 4.32. The van der Waals surface area contributed by atoms with Crippen molar-refractivity contribution < 1.29 is 0 Å². The molecule has 2 aromatic rings. The van der Waals surface area contributed by atoms with Gasteiger partial charge in [-0.05, 0) is 44.4 Å². The summed E-state index contributed by atoms with van der Waals surface area (Å²) in [6.45, 7) is 6.07. The minimum absolute atomic E-state index is 0.222. The Morgan fingerprint density at radius 3 is 2.86 bits per heavy atom. The Balaban J connectivity index is 2.12. The van der Waals surface area contributed by atoms with Crippen molar-refractivity contribution in [3.05, 3.63) is 47.0 Å². The molecule has 0 aliphatic rings. The third-order valence-corrected chi connectivity index (χ3v) is 3.84. The molecule has 2 aromatic heterocycles. The molecule has 0 aromatic carbocycles. The average molecular weight is 307 g/mol. The minimum atomic E-state index is 0.222. The number of hydrogen-bond donors (Lipinski definition) is 1. The molecule has 114 valence electrons. The molecule has 5 heteroatoms. The quantitative estimate of drug-likeness (QED) is 0.810. The van der Waals surface area contributed by atoms with Gasteiger partial charge < -0.3 is 5.32 Å². The summed E-state index contributed by atoms with van der Waals surface area (Å²) in [7, 11) is 0. The molecule has 2 rings (SSSR count). The molecule has 0 fully saturated rings. The highest BCUT2D eigenvalue weighted by Gasteiger charge is 2.19. The molecule has 0 aliphatic carbocycles. The molecule has 0 radical (unpaired) electrons. The van der Waals surface area contributed by atoms with E-state index in [2.05, 4.69) is 35.3 Å². The first-order valence-corrected chi connectivity index (χ1v) is 7.97. The lowest BCUT2D eigenvalue weighted by Crippen LogP contribution is -2.25. The van der Waals surface area contributed by atoms with Gasteiger partial charge in [-0.25, -0.2) is 0 Å². The van der Waals surface area contributed by atoms with Crippen LogP contribution in [0.15, 0.2) is 30.7 Å². The zero-order valence-electron chi connectivity index (χ0n) is 12.7. The summed E-state index contributed by atoms with van der Waals surface area (Å²) in [5, 5.41) is 8.69. The van der Waals surface area contributed by atoms with Crippen molar-refractivity contribution in [3.63, 3.8) is 0 Å². The van der Waals surface area contributed by atoms with Crippen LogP contribution in [0.5, 0.6) is 0 Å². The Bertz CT molecular complexity index is 538. The normalized spacial score (nSPS) is 12.5. The van der Waals surface area contributed by atoms with Crippen LogP contribution in [0.2, 0.25) is 5.02 Å². The lowest BCUT2D eigenvalue weighted by molar-refractivity contribution is 0.456. The minimum Gasteiger partial charge on any atom is -0.309 e. The van der Waals surface area contributed by atoms with E-state index in [0.717, 1.165) is 43.1 Å². The summed E-state index contributed by atoms with van der Waals surface area (Å²) in [5.41, 5.74) is 2.34. The van der Waals surface area contributed by atoms with Crippen molar-refractivity contribution in [1.29, 1.82) is 0 Å². The van der Waals surface area contributed by atoms with E-state index in [0.29, 0.717) is 0 Å². The predicted molar refractivity (Wildman–Crippen MR) is 86.5 cm³/mol. The number of pyridine rings is 1. The van der Waals surface area contributed by atoms with Gasteiger partial charge in [0.05, 0.1) is 23.0 Å². The van der Waals surface area contributed by atoms with Gasteiger partial charge in [0.25, 0.3) is 0 Å². The number of aryl methyl sites for hydroxylation is 2. The number of rotatable bonds is 8. The molecule has 0 saturated heterocycles. The first-order valence-electron chi connectivity index (χ1n) is 7.59. The molecule has 2 heterocycles. The predicted octanol–water partition coefficient (Wildman–Crippen LogP) is 3.62. The molecule has 1 atom stereocenters. The zero-order chi connectivity index (χ0) is 15.1. The molecular formula is C16H23ClN4. The first kappa shape index (κ1) is 16.0.